The van der Waals surface area contributed by atoms with Gasteiger partial charge in [0, 0.05) is 5.69 Å². The van der Waals surface area contributed by atoms with Crippen LogP contribution in [-0.4, -0.2) is 16.1 Å². The molecule has 1 aromatic carbocycles. The average Bonchev–Trinajstić information content (AvgIpc) is 3.28. The first-order valence-electron chi connectivity index (χ1n) is 8.99. The minimum atomic E-state index is -0.592. The van der Waals surface area contributed by atoms with Crippen LogP contribution in [0.2, 0.25) is 10.0 Å². The van der Waals surface area contributed by atoms with Crippen LogP contribution in [0, 0.1) is 22.7 Å². The molecule has 0 radical (unpaired) electrons. The molecule has 7 nitrogen and oxygen atoms in total. The summed E-state index contributed by atoms with van der Waals surface area (Å²) in [6.45, 7) is 1.83. The molecule has 3 aromatic rings. The fraction of sp³-hybridized carbons (Fsp3) is 0.143. The van der Waals surface area contributed by atoms with Crippen molar-refractivity contribution >= 4 is 52.4 Å². The van der Waals surface area contributed by atoms with E-state index in [1.807, 2.05) is 13.0 Å². The zero-order chi connectivity index (χ0) is 22.5. The molecule has 0 saturated carbocycles. The van der Waals surface area contributed by atoms with E-state index >= 15 is 0 Å². The number of nitrogens with two attached hydrogens (primary N) is 1. The number of nitrogens with zero attached hydrogens (tertiary/aromatic N) is 3. The summed E-state index contributed by atoms with van der Waals surface area (Å²) in [5.41, 5.74) is 6.89. The molecule has 0 saturated heterocycles. The van der Waals surface area contributed by atoms with E-state index in [4.69, 9.17) is 33.4 Å². The van der Waals surface area contributed by atoms with Crippen LogP contribution >= 0.6 is 35.0 Å². The number of anilines is 2. The lowest BCUT2D eigenvalue weighted by molar-refractivity contribution is -0.115. The highest BCUT2D eigenvalue weighted by Gasteiger charge is 2.26. The summed E-state index contributed by atoms with van der Waals surface area (Å²) in [4.78, 5) is 17.1. The molecule has 1 amide bonds. The fourth-order valence-electron chi connectivity index (χ4n) is 2.80. The van der Waals surface area contributed by atoms with Gasteiger partial charge in [0.25, 0.3) is 0 Å². The van der Waals surface area contributed by atoms with Crippen LogP contribution in [0.5, 0.6) is 0 Å². The van der Waals surface area contributed by atoms with E-state index in [2.05, 4.69) is 16.4 Å². The van der Waals surface area contributed by atoms with E-state index in [9.17, 15) is 15.3 Å². The minimum absolute atomic E-state index is 0.0455. The highest BCUT2D eigenvalue weighted by Crippen LogP contribution is 2.38. The molecular formula is C21H15Cl2N5O2S. The van der Waals surface area contributed by atoms with Crippen molar-refractivity contribution in [2.24, 2.45) is 0 Å². The van der Waals surface area contributed by atoms with Crippen molar-refractivity contribution in [3.8, 4) is 23.5 Å². The Morgan fingerprint density at radius 3 is 2.58 bits per heavy atom. The van der Waals surface area contributed by atoms with Crippen molar-refractivity contribution in [2.75, 3.05) is 11.1 Å². The number of nitriles is 2. The van der Waals surface area contributed by atoms with Gasteiger partial charge in [-0.1, -0.05) is 41.9 Å². The van der Waals surface area contributed by atoms with Gasteiger partial charge in [-0.3, -0.25) is 4.79 Å². The van der Waals surface area contributed by atoms with Crippen LogP contribution in [0.1, 0.15) is 24.5 Å². The first-order chi connectivity index (χ1) is 14.9. The molecule has 3 rings (SSSR count). The van der Waals surface area contributed by atoms with E-state index in [0.29, 0.717) is 27.9 Å². The predicted molar refractivity (Wildman–Crippen MR) is 121 cm³/mol. The van der Waals surface area contributed by atoms with Gasteiger partial charge in [0.15, 0.2) is 0 Å². The molecule has 2 heterocycles. The largest absolute Gasteiger partial charge is 0.464 e. The molecule has 0 aliphatic heterocycles. The van der Waals surface area contributed by atoms with Gasteiger partial charge in [-0.2, -0.15) is 10.5 Å². The van der Waals surface area contributed by atoms with Crippen LogP contribution in [-0.2, 0) is 4.79 Å². The molecule has 1 atom stereocenters. The molecule has 156 valence electrons. The van der Waals surface area contributed by atoms with E-state index in [1.54, 1.807) is 30.3 Å². The third-order valence-electron chi connectivity index (χ3n) is 4.29. The number of amides is 1. The number of benzene rings is 1. The first kappa shape index (κ1) is 22.5. The number of nitrogens with one attached hydrogen (secondary N) is 1. The summed E-state index contributed by atoms with van der Waals surface area (Å²) in [5.74, 6) is -0.0356. The standard InChI is InChI=1S/C21H15Cl2N5O2S/c1-2-17(20(29)27-11-5-6-14(22)15(23)8-11)31-21-13(10-25)18(16-4-3-7-30-16)12(9-24)19(26)28-21/h3-8,17H,2H2,1H3,(H2,26,28)(H,27,29). The third kappa shape index (κ3) is 4.78. The number of hydrogen-bond acceptors (Lipinski definition) is 7. The number of halogens is 2. The van der Waals surface area contributed by atoms with Gasteiger partial charge in [0.05, 0.1) is 32.7 Å². The molecule has 0 fully saturated rings. The van der Waals surface area contributed by atoms with Crippen molar-refractivity contribution in [3.63, 3.8) is 0 Å². The van der Waals surface area contributed by atoms with E-state index in [0.717, 1.165) is 11.8 Å². The second-order valence-corrected chi connectivity index (χ2v) is 8.27. The molecule has 0 spiro atoms. The number of pyridine rings is 1. The van der Waals surface area contributed by atoms with Gasteiger partial charge in [-0.15, -0.1) is 0 Å². The summed E-state index contributed by atoms with van der Waals surface area (Å²) >= 11 is 13.0. The van der Waals surface area contributed by atoms with E-state index in [-0.39, 0.29) is 33.4 Å². The van der Waals surface area contributed by atoms with Crippen molar-refractivity contribution in [3.05, 3.63) is 57.8 Å². The number of carbonyl (C=O) groups excluding carboxylic acids is 1. The molecule has 0 aliphatic carbocycles. The number of aromatic nitrogens is 1. The van der Waals surface area contributed by atoms with E-state index in [1.165, 1.54) is 6.26 Å². The lowest BCUT2D eigenvalue weighted by Gasteiger charge is -2.17. The van der Waals surface area contributed by atoms with Crippen molar-refractivity contribution in [1.82, 2.24) is 4.98 Å². The predicted octanol–water partition coefficient (Wildman–Crippen LogP) is 5.48. The maximum atomic E-state index is 12.8. The van der Waals surface area contributed by atoms with Crippen LogP contribution in [0.25, 0.3) is 11.3 Å². The Bertz CT molecular complexity index is 1220. The number of furan rings is 1. The summed E-state index contributed by atoms with van der Waals surface area (Å²) < 4.78 is 5.40. The van der Waals surface area contributed by atoms with Gasteiger partial charge >= 0.3 is 0 Å². The fourth-order valence-corrected chi connectivity index (χ4v) is 4.12. The van der Waals surface area contributed by atoms with Crippen molar-refractivity contribution < 1.29 is 9.21 Å². The second-order valence-electron chi connectivity index (χ2n) is 6.26. The molecule has 0 aliphatic rings. The minimum Gasteiger partial charge on any atom is -0.464 e. The number of hydrogen-bond donors (Lipinski definition) is 2. The SMILES string of the molecule is CCC(Sc1nc(N)c(C#N)c(-c2ccco2)c1C#N)C(=O)Nc1ccc(Cl)c(Cl)c1. The summed E-state index contributed by atoms with van der Waals surface area (Å²) in [7, 11) is 0. The Labute approximate surface area is 192 Å². The number of nitrogen functional groups attached to an aromatic ring is 1. The maximum absolute atomic E-state index is 12.8. The van der Waals surface area contributed by atoms with Crippen LogP contribution in [0.4, 0.5) is 11.5 Å². The van der Waals surface area contributed by atoms with Crippen LogP contribution < -0.4 is 11.1 Å². The van der Waals surface area contributed by atoms with Crippen molar-refractivity contribution in [2.45, 2.75) is 23.6 Å². The topological polar surface area (TPSA) is 129 Å². The Morgan fingerprint density at radius 2 is 2.00 bits per heavy atom. The molecule has 0 bridgehead atoms. The monoisotopic (exact) mass is 471 g/mol. The highest BCUT2D eigenvalue weighted by molar-refractivity contribution is 8.00. The van der Waals surface area contributed by atoms with Gasteiger partial charge < -0.3 is 15.5 Å². The Hall–Kier alpha value is -3.17. The van der Waals surface area contributed by atoms with E-state index < -0.39 is 5.25 Å². The molecule has 31 heavy (non-hydrogen) atoms. The molecular weight excluding hydrogens is 457 g/mol. The Balaban J connectivity index is 1.96. The Kier molecular flexibility index (Phi) is 7.09. The lowest BCUT2D eigenvalue weighted by atomic mass is 10.0. The van der Waals surface area contributed by atoms with Crippen LogP contribution in [0.3, 0.4) is 0 Å². The summed E-state index contributed by atoms with van der Waals surface area (Å²) in [6, 6.07) is 12.1. The van der Waals surface area contributed by atoms with Gasteiger partial charge in [-0.25, -0.2) is 4.98 Å². The highest BCUT2D eigenvalue weighted by atomic mass is 35.5. The summed E-state index contributed by atoms with van der Waals surface area (Å²) in [6.07, 6.45) is 1.88. The number of rotatable bonds is 6. The zero-order valence-corrected chi connectivity index (χ0v) is 18.5. The molecule has 10 heteroatoms. The second kappa shape index (κ2) is 9.76. The first-order valence-corrected chi connectivity index (χ1v) is 10.6. The third-order valence-corrected chi connectivity index (χ3v) is 6.38. The quantitative estimate of drug-likeness (QED) is 0.454. The van der Waals surface area contributed by atoms with Gasteiger partial charge in [0.1, 0.15) is 34.3 Å². The zero-order valence-electron chi connectivity index (χ0n) is 16.1. The molecule has 1 unspecified atom stereocenters. The average molecular weight is 472 g/mol. The van der Waals surface area contributed by atoms with Crippen molar-refractivity contribution in [1.29, 1.82) is 10.5 Å². The summed E-state index contributed by atoms with van der Waals surface area (Å²) in [5, 5.41) is 22.4. The van der Waals surface area contributed by atoms with Gasteiger partial charge in [0.2, 0.25) is 5.91 Å². The smallest absolute Gasteiger partial charge is 0.237 e. The molecule has 2 aromatic heterocycles. The number of carbonyl (C=O) groups is 1. The maximum Gasteiger partial charge on any atom is 0.237 e. The van der Waals surface area contributed by atoms with Gasteiger partial charge in [-0.05, 0) is 36.8 Å². The molecule has 3 N–H and O–H groups in total. The van der Waals surface area contributed by atoms with Crippen LogP contribution in [0.15, 0.2) is 46.0 Å². The number of thioether (sulfide) groups is 1. The normalized spacial score (nSPS) is 11.4. The lowest BCUT2D eigenvalue weighted by Crippen LogP contribution is -2.25. The Morgan fingerprint density at radius 1 is 1.26 bits per heavy atom.